The lowest BCUT2D eigenvalue weighted by atomic mass is 10.4. The number of epoxide rings is 1. The van der Waals surface area contributed by atoms with Crippen molar-refractivity contribution in [1.29, 1.82) is 0 Å². The Balaban J connectivity index is 2.27. The molecule has 74 valence electrons. The van der Waals surface area contributed by atoms with Gasteiger partial charge < -0.3 is 4.74 Å². The molecule has 1 aromatic carbocycles. The number of benzene rings is 1. The van der Waals surface area contributed by atoms with E-state index in [1.165, 1.54) is 10.4 Å². The zero-order chi connectivity index (χ0) is 10.2. The predicted molar refractivity (Wildman–Crippen MR) is 62.4 cm³/mol. The summed E-state index contributed by atoms with van der Waals surface area (Å²) < 4.78 is 5.31. The molecule has 1 aliphatic rings. The molecule has 0 radical (unpaired) electrons. The summed E-state index contributed by atoms with van der Waals surface area (Å²) in [6.07, 6.45) is 0.344. The van der Waals surface area contributed by atoms with E-state index in [0.717, 1.165) is 6.61 Å². The Morgan fingerprint density at radius 2 is 1.93 bits per heavy atom. The maximum Gasteiger partial charge on any atom is 0.110 e. The second-order valence-corrected chi connectivity index (χ2v) is 8.81. The second kappa shape index (κ2) is 3.37. The van der Waals surface area contributed by atoms with Crippen LogP contribution in [0.25, 0.3) is 0 Å². The molecule has 0 saturated carbocycles. The minimum Gasteiger partial charge on any atom is -0.369 e. The summed E-state index contributed by atoms with van der Waals surface area (Å²) in [6, 6.07) is 10.7. The highest BCUT2D eigenvalue weighted by Gasteiger charge is 2.37. The average Bonchev–Trinajstić information content (AvgIpc) is 3.01. The molecular formula is C12H16OSi. The molecule has 0 N–H and O–H groups in total. The molecule has 1 fully saturated rings. The Morgan fingerprint density at radius 1 is 1.36 bits per heavy atom. The van der Waals surface area contributed by atoms with E-state index in [4.69, 9.17) is 4.74 Å². The van der Waals surface area contributed by atoms with Crippen molar-refractivity contribution in [2.75, 3.05) is 6.61 Å². The Bertz CT molecular complexity index is 339. The standard InChI is InChI=1S/C12H16OSi/c1-10(12-9-13-12)14(2,3)11-7-5-4-6-8-11/h4-8,12H,1,9H2,2-3H3. The minimum atomic E-state index is -1.50. The molecule has 0 aromatic heterocycles. The van der Waals surface area contributed by atoms with E-state index in [1.54, 1.807) is 0 Å². The third-order valence-electron chi connectivity index (χ3n) is 3.02. The molecule has 1 unspecified atom stereocenters. The van der Waals surface area contributed by atoms with Crippen LogP contribution < -0.4 is 5.19 Å². The molecule has 0 spiro atoms. The highest BCUT2D eigenvalue weighted by atomic mass is 28.3. The van der Waals surface area contributed by atoms with Crippen LogP contribution in [0.3, 0.4) is 0 Å². The fourth-order valence-electron chi connectivity index (χ4n) is 1.69. The largest absolute Gasteiger partial charge is 0.369 e. The van der Waals surface area contributed by atoms with Gasteiger partial charge in [-0.3, -0.25) is 0 Å². The quantitative estimate of drug-likeness (QED) is 0.542. The molecule has 1 atom stereocenters. The summed E-state index contributed by atoms with van der Waals surface area (Å²) in [5, 5.41) is 2.77. The average molecular weight is 204 g/mol. The Kier molecular flexibility index (Phi) is 2.33. The van der Waals surface area contributed by atoms with Gasteiger partial charge in [0.05, 0.1) is 12.7 Å². The first-order valence-electron chi connectivity index (χ1n) is 4.99. The van der Waals surface area contributed by atoms with E-state index in [9.17, 15) is 0 Å². The lowest BCUT2D eigenvalue weighted by Gasteiger charge is -2.24. The third-order valence-corrected chi connectivity index (χ3v) is 6.72. The number of hydrogen-bond donors (Lipinski definition) is 0. The van der Waals surface area contributed by atoms with Gasteiger partial charge in [-0.25, -0.2) is 0 Å². The molecule has 1 saturated heterocycles. The first kappa shape index (κ1) is 9.68. The molecule has 2 rings (SSSR count). The van der Waals surface area contributed by atoms with Gasteiger partial charge in [-0.2, -0.15) is 0 Å². The Labute approximate surface area is 86.4 Å². The first-order valence-corrected chi connectivity index (χ1v) is 7.99. The Morgan fingerprint density at radius 3 is 2.43 bits per heavy atom. The maximum absolute atomic E-state index is 5.31. The monoisotopic (exact) mass is 204 g/mol. The molecule has 1 nitrogen and oxygen atoms in total. The van der Waals surface area contributed by atoms with E-state index in [1.807, 2.05) is 0 Å². The fraction of sp³-hybridized carbons (Fsp3) is 0.333. The van der Waals surface area contributed by atoms with Crippen LogP contribution in [-0.4, -0.2) is 20.8 Å². The SMILES string of the molecule is C=C(C1CO1)[Si](C)(C)c1ccccc1. The van der Waals surface area contributed by atoms with Crippen molar-refractivity contribution in [2.45, 2.75) is 19.2 Å². The van der Waals surface area contributed by atoms with Gasteiger partial charge in [0.2, 0.25) is 0 Å². The van der Waals surface area contributed by atoms with Gasteiger partial charge in [0.1, 0.15) is 8.07 Å². The van der Waals surface area contributed by atoms with Crippen molar-refractivity contribution in [3.8, 4) is 0 Å². The summed E-state index contributed by atoms with van der Waals surface area (Å²) in [5.74, 6) is 0. The van der Waals surface area contributed by atoms with Gasteiger partial charge in [-0.15, -0.1) is 6.58 Å². The maximum atomic E-state index is 5.31. The van der Waals surface area contributed by atoms with Crippen molar-refractivity contribution in [2.24, 2.45) is 0 Å². The summed E-state index contributed by atoms with van der Waals surface area (Å²) in [4.78, 5) is 0. The normalized spacial score (nSPS) is 20.6. The predicted octanol–water partition coefficient (Wildman–Crippen LogP) is 2.10. The van der Waals surface area contributed by atoms with E-state index < -0.39 is 8.07 Å². The lowest BCUT2D eigenvalue weighted by Crippen LogP contribution is -2.45. The smallest absolute Gasteiger partial charge is 0.110 e. The summed E-state index contributed by atoms with van der Waals surface area (Å²) in [5.41, 5.74) is 0. The van der Waals surface area contributed by atoms with E-state index in [2.05, 4.69) is 50.0 Å². The molecule has 2 heteroatoms. The summed E-state index contributed by atoms with van der Waals surface area (Å²) in [6.45, 7) is 9.76. The molecule has 1 aromatic rings. The first-order chi connectivity index (χ1) is 6.62. The van der Waals surface area contributed by atoms with Gasteiger partial charge in [0.15, 0.2) is 0 Å². The van der Waals surface area contributed by atoms with Crippen LogP contribution in [0.5, 0.6) is 0 Å². The van der Waals surface area contributed by atoms with E-state index >= 15 is 0 Å². The second-order valence-electron chi connectivity index (χ2n) is 4.34. The highest BCUT2D eigenvalue weighted by molar-refractivity contribution is 6.95. The van der Waals surface area contributed by atoms with Gasteiger partial charge in [-0.05, 0) is 0 Å². The van der Waals surface area contributed by atoms with Crippen LogP contribution in [-0.2, 0) is 4.74 Å². The molecule has 0 bridgehead atoms. The van der Waals surface area contributed by atoms with Gasteiger partial charge in [0, 0.05) is 0 Å². The van der Waals surface area contributed by atoms with Crippen LogP contribution in [0.2, 0.25) is 13.1 Å². The zero-order valence-electron chi connectivity index (χ0n) is 8.79. The molecule has 14 heavy (non-hydrogen) atoms. The van der Waals surface area contributed by atoms with Crippen molar-refractivity contribution in [3.05, 3.63) is 42.1 Å². The lowest BCUT2D eigenvalue weighted by molar-refractivity contribution is 0.437. The van der Waals surface area contributed by atoms with Crippen molar-refractivity contribution < 1.29 is 4.74 Å². The van der Waals surface area contributed by atoms with Gasteiger partial charge >= 0.3 is 0 Å². The Hall–Kier alpha value is -0.863. The number of hydrogen-bond acceptors (Lipinski definition) is 1. The van der Waals surface area contributed by atoms with Crippen molar-refractivity contribution in [1.82, 2.24) is 0 Å². The van der Waals surface area contributed by atoms with Crippen LogP contribution >= 0.6 is 0 Å². The molecule has 1 heterocycles. The third kappa shape index (κ3) is 1.68. The van der Waals surface area contributed by atoms with Crippen LogP contribution in [0.1, 0.15) is 0 Å². The molecule has 0 amide bonds. The van der Waals surface area contributed by atoms with Gasteiger partial charge in [0.25, 0.3) is 0 Å². The van der Waals surface area contributed by atoms with E-state index in [-0.39, 0.29) is 0 Å². The molecular weight excluding hydrogens is 188 g/mol. The van der Waals surface area contributed by atoms with Crippen LogP contribution in [0, 0.1) is 0 Å². The van der Waals surface area contributed by atoms with Crippen LogP contribution in [0.4, 0.5) is 0 Å². The minimum absolute atomic E-state index is 0.344. The van der Waals surface area contributed by atoms with E-state index in [0.29, 0.717) is 6.10 Å². The number of ether oxygens (including phenoxy) is 1. The topological polar surface area (TPSA) is 12.5 Å². The van der Waals surface area contributed by atoms with Crippen molar-refractivity contribution >= 4 is 13.3 Å². The summed E-state index contributed by atoms with van der Waals surface area (Å²) in [7, 11) is -1.50. The molecule has 1 aliphatic heterocycles. The summed E-state index contributed by atoms with van der Waals surface area (Å²) >= 11 is 0. The zero-order valence-corrected chi connectivity index (χ0v) is 9.79. The van der Waals surface area contributed by atoms with Gasteiger partial charge in [-0.1, -0.05) is 53.8 Å². The van der Waals surface area contributed by atoms with Crippen molar-refractivity contribution in [3.63, 3.8) is 0 Å². The van der Waals surface area contributed by atoms with Crippen LogP contribution in [0.15, 0.2) is 42.1 Å². The molecule has 0 aliphatic carbocycles. The fourth-order valence-corrected chi connectivity index (χ4v) is 4.06. The number of rotatable bonds is 3. The highest BCUT2D eigenvalue weighted by Crippen LogP contribution is 2.26.